The lowest BCUT2D eigenvalue weighted by Gasteiger charge is -2.21. The lowest BCUT2D eigenvalue weighted by molar-refractivity contribution is 0.284. The van der Waals surface area contributed by atoms with Gasteiger partial charge in [0.05, 0.1) is 24.2 Å². The molecule has 4 rings (SSSR count). The normalized spacial score (nSPS) is 11.9. The van der Waals surface area contributed by atoms with Gasteiger partial charge in [-0.3, -0.25) is 4.79 Å². The maximum absolute atomic E-state index is 13.5. The third-order valence-electron chi connectivity index (χ3n) is 5.36. The van der Waals surface area contributed by atoms with E-state index in [2.05, 4.69) is 52.9 Å². The Balaban J connectivity index is 1.81. The van der Waals surface area contributed by atoms with Crippen molar-refractivity contribution < 1.29 is 9.47 Å². The molecule has 0 saturated heterocycles. The molecule has 0 aliphatic rings. The van der Waals surface area contributed by atoms with Gasteiger partial charge in [0.15, 0.2) is 11.5 Å². The lowest BCUT2D eigenvalue weighted by atomic mass is 9.95. The van der Waals surface area contributed by atoms with Crippen LogP contribution in [0.2, 0.25) is 0 Å². The molecule has 0 radical (unpaired) electrons. The molecule has 0 fully saturated rings. The minimum Gasteiger partial charge on any atom is -0.493 e. The number of hydrogen-bond acceptors (Lipinski definition) is 5. The second-order valence-electron chi connectivity index (χ2n) is 9.15. The summed E-state index contributed by atoms with van der Waals surface area (Å²) >= 11 is 10.4. The van der Waals surface area contributed by atoms with E-state index in [1.165, 1.54) is 4.68 Å². The van der Waals surface area contributed by atoms with Gasteiger partial charge in [0.1, 0.15) is 12.4 Å². The molecule has 9 heteroatoms. The van der Waals surface area contributed by atoms with Crippen molar-refractivity contribution in [1.82, 2.24) is 9.66 Å². The zero-order valence-electron chi connectivity index (χ0n) is 20.2. The first-order valence-electron chi connectivity index (χ1n) is 11.1. The summed E-state index contributed by atoms with van der Waals surface area (Å²) < 4.78 is 15.7. The lowest BCUT2D eigenvalue weighted by Crippen LogP contribution is -2.29. The highest BCUT2D eigenvalue weighted by molar-refractivity contribution is 9.11. The van der Waals surface area contributed by atoms with Gasteiger partial charge >= 0.3 is 0 Å². The summed E-state index contributed by atoms with van der Waals surface area (Å²) in [5, 5.41) is 5.08. The zero-order chi connectivity index (χ0) is 26.0. The van der Waals surface area contributed by atoms with Gasteiger partial charge in [-0.05, 0) is 48.0 Å². The second kappa shape index (κ2) is 10.9. The number of nitrogens with zero attached hydrogens (tertiary/aromatic N) is 3. The number of halogens is 3. The number of benzene rings is 3. The van der Waals surface area contributed by atoms with Gasteiger partial charge in [-0.2, -0.15) is 9.78 Å². The van der Waals surface area contributed by atoms with Crippen molar-refractivity contribution in [1.29, 1.82) is 0 Å². The summed E-state index contributed by atoms with van der Waals surface area (Å²) in [6.07, 6.45) is 1.60. The molecule has 36 heavy (non-hydrogen) atoms. The first-order chi connectivity index (χ1) is 17.1. The van der Waals surface area contributed by atoms with Gasteiger partial charge in [-0.15, -0.1) is 0 Å². The summed E-state index contributed by atoms with van der Waals surface area (Å²) in [7, 11) is 1.59. The number of ether oxygens (including phenoxy) is 2. The predicted octanol–water partition coefficient (Wildman–Crippen LogP) is 7.45. The van der Waals surface area contributed by atoms with E-state index in [0.717, 1.165) is 19.0 Å². The molecule has 0 aliphatic heterocycles. The first-order valence-corrected chi connectivity index (χ1v) is 13.5. The van der Waals surface area contributed by atoms with E-state index < -0.39 is 5.41 Å². The zero-order valence-corrected chi connectivity index (χ0v) is 24.9. The third-order valence-corrected chi connectivity index (χ3v) is 6.84. The average Bonchev–Trinajstić information content (AvgIpc) is 2.83. The molecule has 6 nitrogen and oxygen atoms in total. The SMILES string of the molecule is COc1cc(Br)cc(C=Nn2c(C(C)(C)C)nc3ccc(Br)cc3c2=O)c1OCc1ccc(Br)cc1. The van der Waals surface area contributed by atoms with Gasteiger partial charge in [0.2, 0.25) is 0 Å². The summed E-state index contributed by atoms with van der Waals surface area (Å²) in [6, 6.07) is 17.1. The minimum absolute atomic E-state index is 0.248. The van der Waals surface area contributed by atoms with Crippen LogP contribution in [0.15, 0.2) is 77.9 Å². The van der Waals surface area contributed by atoms with E-state index in [0.29, 0.717) is 40.4 Å². The van der Waals surface area contributed by atoms with Crippen LogP contribution >= 0.6 is 47.8 Å². The van der Waals surface area contributed by atoms with E-state index in [-0.39, 0.29) is 5.56 Å². The van der Waals surface area contributed by atoms with Crippen molar-refractivity contribution >= 4 is 64.9 Å². The van der Waals surface area contributed by atoms with Crippen LogP contribution in [-0.2, 0) is 12.0 Å². The van der Waals surface area contributed by atoms with Gasteiger partial charge in [-0.25, -0.2) is 4.98 Å². The number of rotatable bonds is 6. The third kappa shape index (κ3) is 5.90. The molecule has 1 heterocycles. The van der Waals surface area contributed by atoms with Crippen molar-refractivity contribution in [2.24, 2.45) is 5.10 Å². The van der Waals surface area contributed by atoms with Gasteiger partial charge < -0.3 is 9.47 Å². The quantitative estimate of drug-likeness (QED) is 0.199. The Labute approximate surface area is 234 Å². The molecule has 0 saturated carbocycles. The second-order valence-corrected chi connectivity index (χ2v) is 11.9. The maximum Gasteiger partial charge on any atom is 0.282 e. The largest absolute Gasteiger partial charge is 0.493 e. The van der Waals surface area contributed by atoms with Crippen LogP contribution in [-0.4, -0.2) is 23.0 Å². The van der Waals surface area contributed by atoms with Crippen LogP contribution in [0.5, 0.6) is 11.5 Å². The molecule has 0 spiro atoms. The fourth-order valence-electron chi connectivity index (χ4n) is 3.59. The molecular formula is C27H24Br3N3O3. The van der Waals surface area contributed by atoms with E-state index in [1.54, 1.807) is 19.4 Å². The van der Waals surface area contributed by atoms with Gasteiger partial charge in [0, 0.05) is 24.4 Å². The summed E-state index contributed by atoms with van der Waals surface area (Å²) in [4.78, 5) is 18.3. The number of aromatic nitrogens is 2. The van der Waals surface area contributed by atoms with Crippen molar-refractivity contribution in [2.75, 3.05) is 7.11 Å². The Hall–Kier alpha value is -2.49. The maximum atomic E-state index is 13.5. The fraction of sp³-hybridized carbons (Fsp3) is 0.222. The van der Waals surface area contributed by atoms with Crippen LogP contribution in [0.4, 0.5) is 0 Å². The average molecular weight is 678 g/mol. The van der Waals surface area contributed by atoms with Crippen LogP contribution < -0.4 is 15.0 Å². The van der Waals surface area contributed by atoms with E-state index in [9.17, 15) is 4.79 Å². The summed E-state index contributed by atoms with van der Waals surface area (Å²) in [5.74, 6) is 1.62. The molecule has 4 aromatic rings. The predicted molar refractivity (Wildman–Crippen MR) is 155 cm³/mol. The molecule has 0 bridgehead atoms. The molecule has 0 aliphatic carbocycles. The van der Waals surface area contributed by atoms with Crippen molar-refractivity contribution in [3.8, 4) is 11.5 Å². The van der Waals surface area contributed by atoms with Crippen molar-refractivity contribution in [3.05, 3.63) is 95.3 Å². The van der Waals surface area contributed by atoms with Crippen molar-refractivity contribution in [3.63, 3.8) is 0 Å². The minimum atomic E-state index is -0.423. The first kappa shape index (κ1) is 26.6. The van der Waals surface area contributed by atoms with Crippen LogP contribution in [0.3, 0.4) is 0 Å². The van der Waals surface area contributed by atoms with E-state index >= 15 is 0 Å². The molecular weight excluding hydrogens is 654 g/mol. The van der Waals surface area contributed by atoms with Crippen LogP contribution in [0.1, 0.15) is 37.7 Å². The van der Waals surface area contributed by atoms with E-state index in [4.69, 9.17) is 14.5 Å². The highest BCUT2D eigenvalue weighted by Crippen LogP contribution is 2.35. The molecule has 0 unspecified atom stereocenters. The smallest absolute Gasteiger partial charge is 0.282 e. The Morgan fingerprint density at radius 2 is 1.67 bits per heavy atom. The molecule has 0 N–H and O–H groups in total. The number of hydrogen-bond donors (Lipinski definition) is 0. The molecule has 3 aromatic carbocycles. The Morgan fingerprint density at radius 3 is 2.33 bits per heavy atom. The Kier molecular flexibility index (Phi) is 8.02. The van der Waals surface area contributed by atoms with Crippen LogP contribution in [0, 0.1) is 0 Å². The highest BCUT2D eigenvalue weighted by atomic mass is 79.9. The topological polar surface area (TPSA) is 65.7 Å². The Morgan fingerprint density at radius 1 is 0.972 bits per heavy atom. The molecule has 186 valence electrons. The van der Waals surface area contributed by atoms with Gasteiger partial charge in [0.25, 0.3) is 5.56 Å². The standard InChI is InChI=1S/C27H24Br3N3O3/c1-27(2,3)26-32-22-10-9-19(29)12-21(22)25(34)33(26)31-14-17-11-20(30)13-23(35-4)24(17)36-15-16-5-7-18(28)8-6-16/h5-14H,15H2,1-4H3. The molecule has 0 atom stereocenters. The van der Waals surface area contributed by atoms with E-state index in [1.807, 2.05) is 69.3 Å². The molecule has 1 aromatic heterocycles. The van der Waals surface area contributed by atoms with Crippen LogP contribution in [0.25, 0.3) is 10.9 Å². The highest BCUT2D eigenvalue weighted by Gasteiger charge is 2.23. The number of fused-ring (bicyclic) bond motifs is 1. The number of methoxy groups -OCH3 is 1. The molecule has 0 amide bonds. The monoisotopic (exact) mass is 675 g/mol. The van der Waals surface area contributed by atoms with Crippen molar-refractivity contribution in [2.45, 2.75) is 32.8 Å². The summed E-state index contributed by atoms with van der Waals surface area (Å²) in [6.45, 7) is 6.34. The summed E-state index contributed by atoms with van der Waals surface area (Å²) in [5.41, 5.74) is 1.61. The fourth-order valence-corrected chi connectivity index (χ4v) is 4.67. The van der Waals surface area contributed by atoms with Gasteiger partial charge in [-0.1, -0.05) is 80.7 Å². The Bertz CT molecular complexity index is 1510.